The van der Waals surface area contributed by atoms with Gasteiger partial charge in [-0.2, -0.15) is 5.48 Å². The first-order valence-electron chi connectivity index (χ1n) is 5.00. The highest BCUT2D eigenvalue weighted by molar-refractivity contribution is 5.50. The topological polar surface area (TPSA) is 24.5 Å². The van der Waals surface area contributed by atoms with Gasteiger partial charge in [-0.05, 0) is 26.0 Å². The molecule has 0 aromatic heterocycles. The van der Waals surface area contributed by atoms with Gasteiger partial charge in [-0.3, -0.25) is 0 Å². The Morgan fingerprint density at radius 2 is 2.00 bits per heavy atom. The van der Waals surface area contributed by atoms with Gasteiger partial charge < -0.3 is 9.74 Å². The van der Waals surface area contributed by atoms with Crippen molar-refractivity contribution in [3.8, 4) is 5.75 Å². The summed E-state index contributed by atoms with van der Waals surface area (Å²) < 4.78 is 0. The zero-order valence-electron chi connectivity index (χ0n) is 9.08. The van der Waals surface area contributed by atoms with Gasteiger partial charge in [0.1, 0.15) is 5.75 Å². The summed E-state index contributed by atoms with van der Waals surface area (Å²) in [4.78, 5) is 7.49. The van der Waals surface area contributed by atoms with Crippen LogP contribution in [0.1, 0.15) is 13.8 Å². The van der Waals surface area contributed by atoms with Gasteiger partial charge in [0.25, 0.3) is 0 Å². The maximum atomic E-state index is 5.21. The molecule has 3 heteroatoms. The van der Waals surface area contributed by atoms with Gasteiger partial charge >= 0.3 is 0 Å². The van der Waals surface area contributed by atoms with Gasteiger partial charge in [0, 0.05) is 31.9 Å². The molecular weight excluding hydrogens is 176 g/mol. The minimum Gasteiger partial charge on any atom is -0.409 e. The van der Waals surface area contributed by atoms with Gasteiger partial charge in [0.05, 0.1) is 0 Å². The highest BCUT2D eigenvalue weighted by atomic mass is 16.6. The van der Waals surface area contributed by atoms with E-state index in [1.54, 1.807) is 7.05 Å². The third kappa shape index (κ3) is 2.64. The molecule has 0 fully saturated rings. The summed E-state index contributed by atoms with van der Waals surface area (Å²) in [6, 6.07) is 8.06. The molecule has 0 unspecified atom stereocenters. The Hall–Kier alpha value is -1.22. The Kier molecular flexibility index (Phi) is 4.26. The molecule has 14 heavy (non-hydrogen) atoms. The fourth-order valence-electron chi connectivity index (χ4n) is 1.45. The number of hydroxylamine groups is 1. The lowest BCUT2D eigenvalue weighted by atomic mass is 10.2. The number of benzene rings is 1. The standard InChI is InChI=1S/C11H18N2O/c1-4-13(5-2)10-7-6-8-11(9-10)14-12-3/h6-9,12H,4-5H2,1-3H3. The summed E-state index contributed by atoms with van der Waals surface area (Å²) in [7, 11) is 1.75. The molecule has 0 saturated carbocycles. The molecule has 0 amide bonds. The lowest BCUT2D eigenvalue weighted by Crippen LogP contribution is -2.21. The van der Waals surface area contributed by atoms with Crippen LogP contribution in [0.15, 0.2) is 24.3 Å². The van der Waals surface area contributed by atoms with Crippen molar-refractivity contribution >= 4 is 5.69 Å². The van der Waals surface area contributed by atoms with Crippen LogP contribution in [-0.4, -0.2) is 20.1 Å². The molecule has 0 aliphatic carbocycles. The molecule has 3 nitrogen and oxygen atoms in total. The van der Waals surface area contributed by atoms with E-state index in [0.29, 0.717) is 0 Å². The first-order chi connectivity index (χ1) is 6.81. The first-order valence-corrected chi connectivity index (χ1v) is 5.00. The minimum atomic E-state index is 0.844. The van der Waals surface area contributed by atoms with Crippen molar-refractivity contribution in [2.24, 2.45) is 0 Å². The summed E-state index contributed by atoms with van der Waals surface area (Å²) in [6.45, 7) is 6.32. The maximum absolute atomic E-state index is 5.21. The van der Waals surface area contributed by atoms with E-state index in [1.807, 2.05) is 18.2 Å². The van der Waals surface area contributed by atoms with Crippen molar-refractivity contribution in [3.05, 3.63) is 24.3 Å². The number of rotatable bonds is 5. The Morgan fingerprint density at radius 1 is 1.29 bits per heavy atom. The quantitative estimate of drug-likeness (QED) is 0.726. The van der Waals surface area contributed by atoms with Crippen LogP contribution in [0.5, 0.6) is 5.75 Å². The van der Waals surface area contributed by atoms with Crippen molar-refractivity contribution in [3.63, 3.8) is 0 Å². The predicted molar refractivity (Wildman–Crippen MR) is 59.7 cm³/mol. The molecule has 78 valence electrons. The molecule has 0 aliphatic rings. The molecule has 1 aromatic carbocycles. The van der Waals surface area contributed by atoms with Crippen molar-refractivity contribution in [2.45, 2.75) is 13.8 Å². The van der Waals surface area contributed by atoms with Gasteiger partial charge in [-0.15, -0.1) is 0 Å². The average molecular weight is 194 g/mol. The van der Waals surface area contributed by atoms with E-state index < -0.39 is 0 Å². The Morgan fingerprint density at radius 3 is 2.57 bits per heavy atom. The number of hydrogen-bond donors (Lipinski definition) is 1. The first kappa shape index (κ1) is 10.9. The second-order valence-electron chi connectivity index (χ2n) is 2.98. The number of hydrogen-bond acceptors (Lipinski definition) is 3. The third-order valence-corrected chi connectivity index (χ3v) is 2.17. The third-order valence-electron chi connectivity index (χ3n) is 2.17. The average Bonchev–Trinajstić information content (AvgIpc) is 2.21. The summed E-state index contributed by atoms with van der Waals surface area (Å²) >= 11 is 0. The maximum Gasteiger partial charge on any atom is 0.149 e. The molecule has 1 N–H and O–H groups in total. The molecule has 0 bridgehead atoms. The molecule has 0 atom stereocenters. The molecule has 0 radical (unpaired) electrons. The highest BCUT2D eigenvalue weighted by Gasteiger charge is 2.02. The van der Waals surface area contributed by atoms with Crippen LogP contribution in [0.25, 0.3) is 0 Å². The van der Waals surface area contributed by atoms with Crippen LogP contribution in [0, 0.1) is 0 Å². The smallest absolute Gasteiger partial charge is 0.149 e. The van der Waals surface area contributed by atoms with E-state index in [2.05, 4.69) is 30.3 Å². The molecule has 0 aliphatic heterocycles. The zero-order valence-corrected chi connectivity index (χ0v) is 9.08. The molecule has 0 heterocycles. The largest absolute Gasteiger partial charge is 0.409 e. The van der Waals surface area contributed by atoms with Crippen LogP contribution >= 0.6 is 0 Å². The van der Waals surface area contributed by atoms with Gasteiger partial charge in [-0.25, -0.2) is 0 Å². The second-order valence-corrected chi connectivity index (χ2v) is 2.98. The van der Waals surface area contributed by atoms with Crippen molar-refractivity contribution < 1.29 is 4.84 Å². The lowest BCUT2D eigenvalue weighted by Gasteiger charge is -2.21. The van der Waals surface area contributed by atoms with E-state index in [9.17, 15) is 0 Å². The Labute approximate surface area is 85.6 Å². The molecule has 0 saturated heterocycles. The number of nitrogens with zero attached hydrogens (tertiary/aromatic N) is 1. The summed E-state index contributed by atoms with van der Waals surface area (Å²) in [5.74, 6) is 0.844. The van der Waals surface area contributed by atoms with Crippen molar-refractivity contribution in [2.75, 3.05) is 25.0 Å². The summed E-state index contributed by atoms with van der Waals surface area (Å²) in [5, 5.41) is 0. The molecule has 0 spiro atoms. The van der Waals surface area contributed by atoms with E-state index in [-0.39, 0.29) is 0 Å². The van der Waals surface area contributed by atoms with Crippen LogP contribution in [-0.2, 0) is 0 Å². The summed E-state index contributed by atoms with van der Waals surface area (Å²) in [6.07, 6.45) is 0. The number of nitrogens with one attached hydrogen (secondary N) is 1. The molecule has 1 aromatic rings. The van der Waals surface area contributed by atoms with Crippen molar-refractivity contribution in [1.82, 2.24) is 5.48 Å². The van der Waals surface area contributed by atoms with Crippen molar-refractivity contribution in [1.29, 1.82) is 0 Å². The van der Waals surface area contributed by atoms with Crippen LogP contribution in [0.2, 0.25) is 0 Å². The SMILES string of the molecule is CCN(CC)c1cccc(ONC)c1. The number of anilines is 1. The summed E-state index contributed by atoms with van der Waals surface area (Å²) in [5.41, 5.74) is 3.86. The Balaban J connectivity index is 2.81. The van der Waals surface area contributed by atoms with Crippen LogP contribution in [0.4, 0.5) is 5.69 Å². The van der Waals surface area contributed by atoms with Gasteiger partial charge in [0.2, 0.25) is 0 Å². The normalized spacial score (nSPS) is 9.93. The van der Waals surface area contributed by atoms with E-state index in [1.165, 1.54) is 5.69 Å². The fraction of sp³-hybridized carbons (Fsp3) is 0.455. The molecular formula is C11H18N2O. The van der Waals surface area contributed by atoms with Gasteiger partial charge in [-0.1, -0.05) is 6.07 Å². The van der Waals surface area contributed by atoms with E-state index in [4.69, 9.17) is 4.84 Å². The highest BCUT2D eigenvalue weighted by Crippen LogP contribution is 2.20. The van der Waals surface area contributed by atoms with Gasteiger partial charge in [0.15, 0.2) is 0 Å². The van der Waals surface area contributed by atoms with Crippen LogP contribution in [0.3, 0.4) is 0 Å². The zero-order chi connectivity index (χ0) is 10.4. The Bertz CT molecular complexity index is 272. The molecule has 1 rings (SSSR count). The monoisotopic (exact) mass is 194 g/mol. The fourth-order valence-corrected chi connectivity index (χ4v) is 1.45. The lowest BCUT2D eigenvalue weighted by molar-refractivity contribution is 0.224. The minimum absolute atomic E-state index is 0.844. The van der Waals surface area contributed by atoms with E-state index >= 15 is 0 Å². The van der Waals surface area contributed by atoms with Crippen LogP contribution < -0.4 is 15.2 Å². The predicted octanol–water partition coefficient (Wildman–Crippen LogP) is 2.05. The van der Waals surface area contributed by atoms with E-state index in [0.717, 1.165) is 18.8 Å². The second kappa shape index (κ2) is 5.50.